The molecule has 2 heterocycles. The Bertz CT molecular complexity index is 647. The van der Waals surface area contributed by atoms with Gasteiger partial charge >= 0.3 is 11.9 Å². The Morgan fingerprint density at radius 2 is 2.04 bits per heavy atom. The van der Waals surface area contributed by atoms with Gasteiger partial charge in [-0.25, -0.2) is 13.6 Å². The molecule has 0 aliphatic carbocycles. The number of pyridine rings is 1. The number of nitrogens with one attached hydrogen (secondary N) is 1. The molecule has 0 aromatic carbocycles. The number of nitrogens with zero attached hydrogens (tertiary/aromatic N) is 3. The summed E-state index contributed by atoms with van der Waals surface area (Å²) in [6.07, 6.45) is 0.307. The molecule has 0 spiro atoms. The number of alkyl carbamates (subject to hydrolysis) is 1. The van der Waals surface area contributed by atoms with Gasteiger partial charge in [-0.05, 0) is 43.2 Å². The number of halogens is 2. The van der Waals surface area contributed by atoms with Gasteiger partial charge in [0.15, 0.2) is 6.20 Å². The molecule has 1 aromatic rings. The van der Waals surface area contributed by atoms with E-state index in [9.17, 15) is 23.7 Å². The molecule has 1 unspecified atom stereocenters. The van der Waals surface area contributed by atoms with Crippen molar-refractivity contribution in [2.45, 2.75) is 58.6 Å². The van der Waals surface area contributed by atoms with Crippen LogP contribution in [0.5, 0.6) is 0 Å². The van der Waals surface area contributed by atoms with Crippen LogP contribution in [-0.4, -0.2) is 46.7 Å². The summed E-state index contributed by atoms with van der Waals surface area (Å²) in [5.41, 5.74) is -0.411. The van der Waals surface area contributed by atoms with Crippen molar-refractivity contribution in [3.63, 3.8) is 0 Å². The van der Waals surface area contributed by atoms with Crippen LogP contribution in [0.15, 0.2) is 18.3 Å². The van der Waals surface area contributed by atoms with Crippen LogP contribution in [0, 0.1) is 10.1 Å². The average Bonchev–Trinajstić information content (AvgIpc) is 2.56. The highest BCUT2D eigenvalue weighted by Crippen LogP contribution is 2.31. The summed E-state index contributed by atoms with van der Waals surface area (Å²) in [4.78, 5) is 26.7. The molecule has 0 radical (unpaired) electrons. The Balaban J connectivity index is 0.00000176. The Hall–Kier alpha value is -2.52. The molecule has 1 aliphatic heterocycles. The van der Waals surface area contributed by atoms with Gasteiger partial charge in [-0.3, -0.25) is 0 Å². The molecule has 1 amide bonds. The fourth-order valence-corrected chi connectivity index (χ4v) is 2.46. The fourth-order valence-electron chi connectivity index (χ4n) is 2.46. The largest absolute Gasteiger partial charge is 0.444 e. The number of anilines is 1. The van der Waals surface area contributed by atoms with E-state index in [-0.39, 0.29) is 18.8 Å². The summed E-state index contributed by atoms with van der Waals surface area (Å²) in [6, 6.07) is 1.20. The Kier molecular flexibility index (Phi) is 7.44. The van der Waals surface area contributed by atoms with Gasteiger partial charge in [0, 0.05) is 12.6 Å². The molecule has 1 aliphatic rings. The Morgan fingerprint density at radius 3 is 2.48 bits per heavy atom. The average molecular weight is 388 g/mol. The van der Waals surface area contributed by atoms with E-state index in [2.05, 4.69) is 10.3 Å². The van der Waals surface area contributed by atoms with E-state index in [1.54, 1.807) is 20.8 Å². The van der Waals surface area contributed by atoms with Crippen molar-refractivity contribution in [2.75, 3.05) is 18.0 Å². The monoisotopic (exact) mass is 388 g/mol. The molecule has 27 heavy (non-hydrogen) atoms. The van der Waals surface area contributed by atoms with Crippen molar-refractivity contribution in [1.29, 1.82) is 0 Å². The topological polar surface area (TPSA) is 97.6 Å². The SMILES string of the molecule is CC.CC(C)(C)OC(=O)NC1CCN(c2ccc([N+](=O)[O-])nc2)CC1(F)F. The van der Waals surface area contributed by atoms with E-state index in [4.69, 9.17) is 4.74 Å². The number of ether oxygens (including phenoxy) is 1. The van der Waals surface area contributed by atoms with Gasteiger partial charge in [-0.1, -0.05) is 13.8 Å². The van der Waals surface area contributed by atoms with E-state index in [0.717, 1.165) is 0 Å². The van der Waals surface area contributed by atoms with Gasteiger partial charge in [0.2, 0.25) is 0 Å². The van der Waals surface area contributed by atoms with Crippen LogP contribution >= 0.6 is 0 Å². The summed E-state index contributed by atoms with van der Waals surface area (Å²) in [5, 5.41) is 12.8. The number of nitro groups is 1. The van der Waals surface area contributed by atoms with Crippen molar-refractivity contribution in [3.8, 4) is 0 Å². The van der Waals surface area contributed by atoms with Crippen molar-refractivity contribution < 1.29 is 23.2 Å². The first kappa shape index (κ1) is 22.5. The van der Waals surface area contributed by atoms with Gasteiger partial charge in [0.1, 0.15) is 5.60 Å². The highest BCUT2D eigenvalue weighted by molar-refractivity contribution is 5.68. The molecule has 0 saturated carbocycles. The second kappa shape index (κ2) is 8.92. The summed E-state index contributed by atoms with van der Waals surface area (Å²) in [5.74, 6) is -3.53. The van der Waals surface area contributed by atoms with Crippen LogP contribution in [0.25, 0.3) is 0 Å². The third kappa shape index (κ3) is 6.61. The minimum Gasteiger partial charge on any atom is -0.444 e. The van der Waals surface area contributed by atoms with Crippen LogP contribution in [0.4, 0.5) is 25.1 Å². The quantitative estimate of drug-likeness (QED) is 0.625. The van der Waals surface area contributed by atoms with Crippen LogP contribution in [0.2, 0.25) is 0 Å². The first-order valence-corrected chi connectivity index (χ1v) is 8.71. The molecule has 1 fully saturated rings. The number of piperidine rings is 1. The zero-order valence-corrected chi connectivity index (χ0v) is 16.2. The lowest BCUT2D eigenvalue weighted by Gasteiger charge is -2.39. The zero-order chi connectivity index (χ0) is 20.8. The lowest BCUT2D eigenvalue weighted by atomic mass is 10.0. The lowest BCUT2D eigenvalue weighted by Crippen LogP contribution is -2.59. The predicted molar refractivity (Wildman–Crippen MR) is 97.2 cm³/mol. The lowest BCUT2D eigenvalue weighted by molar-refractivity contribution is -0.389. The number of hydrogen-bond acceptors (Lipinski definition) is 6. The first-order chi connectivity index (χ1) is 12.5. The third-order valence-corrected chi connectivity index (χ3v) is 3.57. The maximum Gasteiger partial charge on any atom is 0.408 e. The van der Waals surface area contributed by atoms with Gasteiger partial charge in [-0.15, -0.1) is 0 Å². The molecule has 1 atom stereocenters. The van der Waals surface area contributed by atoms with Crippen LogP contribution in [0.1, 0.15) is 41.0 Å². The van der Waals surface area contributed by atoms with Crippen molar-refractivity contribution in [2.24, 2.45) is 0 Å². The second-order valence-corrected chi connectivity index (χ2v) is 6.80. The number of aromatic nitrogens is 1. The van der Waals surface area contributed by atoms with Gasteiger partial charge in [0.05, 0.1) is 18.3 Å². The van der Waals surface area contributed by atoms with Crippen molar-refractivity contribution in [3.05, 3.63) is 28.4 Å². The Morgan fingerprint density at radius 1 is 1.41 bits per heavy atom. The maximum absolute atomic E-state index is 14.4. The van der Waals surface area contributed by atoms with Gasteiger partial charge in [0.25, 0.3) is 5.92 Å². The van der Waals surface area contributed by atoms with E-state index < -0.39 is 35.1 Å². The molecule has 152 valence electrons. The number of alkyl halides is 2. The standard InChI is InChI=1S/C15H20F2N4O4.C2H6/c1-14(2,3)25-13(22)19-11-6-7-20(9-15(11,16)17)10-4-5-12(18-8-10)21(23)24;1-2/h4-5,8,11H,6-7,9H2,1-3H3,(H,19,22);1-2H3. The molecular weight excluding hydrogens is 362 g/mol. The van der Waals surface area contributed by atoms with Crippen LogP contribution in [0.3, 0.4) is 0 Å². The second-order valence-electron chi connectivity index (χ2n) is 6.80. The molecule has 1 N–H and O–H groups in total. The maximum atomic E-state index is 14.4. The summed E-state index contributed by atoms with van der Waals surface area (Å²) >= 11 is 0. The number of rotatable bonds is 3. The molecule has 10 heteroatoms. The van der Waals surface area contributed by atoms with Gasteiger partial charge < -0.3 is 25.1 Å². The van der Waals surface area contributed by atoms with Gasteiger partial charge in [-0.2, -0.15) is 0 Å². The van der Waals surface area contributed by atoms with E-state index in [1.165, 1.54) is 23.2 Å². The minimum atomic E-state index is -3.18. The van der Waals surface area contributed by atoms with E-state index >= 15 is 0 Å². The third-order valence-electron chi connectivity index (χ3n) is 3.57. The number of hydrogen-bond donors (Lipinski definition) is 1. The molecule has 1 aromatic heterocycles. The van der Waals surface area contributed by atoms with Crippen molar-refractivity contribution in [1.82, 2.24) is 10.3 Å². The molecule has 1 saturated heterocycles. The van der Waals surface area contributed by atoms with Crippen LogP contribution < -0.4 is 10.2 Å². The minimum absolute atomic E-state index is 0.00320. The highest BCUT2D eigenvalue weighted by Gasteiger charge is 2.46. The van der Waals surface area contributed by atoms with E-state index in [0.29, 0.717) is 5.69 Å². The summed E-state index contributed by atoms with van der Waals surface area (Å²) in [7, 11) is 0. The Labute approximate surface area is 157 Å². The summed E-state index contributed by atoms with van der Waals surface area (Å²) in [6.45, 7) is 8.56. The van der Waals surface area contributed by atoms with Crippen molar-refractivity contribution >= 4 is 17.6 Å². The zero-order valence-electron chi connectivity index (χ0n) is 16.2. The highest BCUT2D eigenvalue weighted by atomic mass is 19.3. The van der Waals surface area contributed by atoms with E-state index in [1.807, 2.05) is 13.8 Å². The molecule has 8 nitrogen and oxygen atoms in total. The number of amides is 1. The fraction of sp³-hybridized carbons (Fsp3) is 0.647. The molecule has 2 rings (SSSR count). The predicted octanol–water partition coefficient (Wildman–Crippen LogP) is 3.75. The van der Waals surface area contributed by atoms with Crippen LogP contribution in [-0.2, 0) is 4.74 Å². The smallest absolute Gasteiger partial charge is 0.408 e. The number of carbonyl (C=O) groups is 1. The first-order valence-electron chi connectivity index (χ1n) is 8.71. The molecular formula is C17H26F2N4O4. The molecule has 0 bridgehead atoms. The normalized spacial score (nSPS) is 18.8. The number of carbonyl (C=O) groups excluding carboxylic acids is 1. The summed E-state index contributed by atoms with van der Waals surface area (Å²) < 4.78 is 33.7.